The van der Waals surface area contributed by atoms with Gasteiger partial charge in [0.05, 0.1) is 0 Å². The van der Waals surface area contributed by atoms with E-state index < -0.39 is 6.10 Å². The second-order valence-corrected chi connectivity index (χ2v) is 4.85. The largest absolute Gasteiger partial charge is 0.480 e. The third-order valence-corrected chi connectivity index (χ3v) is 3.24. The molecule has 1 aromatic carbocycles. The molecule has 2 rings (SSSR count). The van der Waals surface area contributed by atoms with Crippen molar-refractivity contribution in [3.05, 3.63) is 59.9 Å². The van der Waals surface area contributed by atoms with E-state index in [9.17, 15) is 4.79 Å². The summed E-state index contributed by atoms with van der Waals surface area (Å²) < 4.78 is 5.82. The van der Waals surface area contributed by atoms with Crippen LogP contribution in [-0.2, 0) is 11.3 Å². The van der Waals surface area contributed by atoms with Crippen LogP contribution in [0.4, 0.5) is 0 Å². The van der Waals surface area contributed by atoms with Crippen molar-refractivity contribution < 1.29 is 9.53 Å². The number of nitrogens with zero attached hydrogens (tertiary/aromatic N) is 1. The zero-order valence-corrected chi connectivity index (χ0v) is 12.4. The minimum Gasteiger partial charge on any atom is -0.480 e. The van der Waals surface area contributed by atoms with Crippen LogP contribution in [0, 0.1) is 6.92 Å². The van der Waals surface area contributed by atoms with Crippen molar-refractivity contribution in [2.24, 2.45) is 0 Å². The third-order valence-electron chi connectivity index (χ3n) is 3.24. The molecule has 0 radical (unpaired) electrons. The van der Waals surface area contributed by atoms with E-state index >= 15 is 0 Å². The lowest BCUT2D eigenvalue weighted by Crippen LogP contribution is -2.37. The molecule has 1 amide bonds. The molecule has 4 nitrogen and oxygen atoms in total. The molecule has 21 heavy (non-hydrogen) atoms. The maximum atomic E-state index is 12.2. The first kappa shape index (κ1) is 15.0. The average molecular weight is 284 g/mol. The molecular formula is C17H20N2O2. The van der Waals surface area contributed by atoms with Gasteiger partial charge in [-0.3, -0.25) is 9.78 Å². The Balaban J connectivity index is 1.94. The number of hydrogen-bond acceptors (Lipinski definition) is 3. The number of hydrogen-bond donors (Lipinski definition) is 1. The van der Waals surface area contributed by atoms with Gasteiger partial charge in [0.15, 0.2) is 6.10 Å². The van der Waals surface area contributed by atoms with Gasteiger partial charge in [-0.2, -0.15) is 0 Å². The highest BCUT2D eigenvalue weighted by molar-refractivity contribution is 5.81. The molecule has 0 saturated carbocycles. The van der Waals surface area contributed by atoms with Gasteiger partial charge in [-0.15, -0.1) is 0 Å². The maximum Gasteiger partial charge on any atom is 0.261 e. The van der Waals surface area contributed by atoms with Crippen LogP contribution in [-0.4, -0.2) is 17.0 Å². The summed E-state index contributed by atoms with van der Waals surface area (Å²) in [6.45, 7) is 4.39. The minimum atomic E-state index is -0.479. The zero-order valence-electron chi connectivity index (χ0n) is 12.4. The maximum absolute atomic E-state index is 12.2. The van der Waals surface area contributed by atoms with E-state index in [1.807, 2.05) is 50.2 Å². The van der Waals surface area contributed by atoms with Crippen LogP contribution in [0.15, 0.2) is 48.8 Å². The summed E-state index contributed by atoms with van der Waals surface area (Å²) in [6, 6.07) is 11.5. The highest BCUT2D eigenvalue weighted by Gasteiger charge is 2.18. The molecule has 0 aliphatic heterocycles. The second-order valence-electron chi connectivity index (χ2n) is 4.85. The molecule has 4 heteroatoms. The van der Waals surface area contributed by atoms with Crippen molar-refractivity contribution in [3.8, 4) is 5.75 Å². The first-order valence-corrected chi connectivity index (χ1v) is 7.09. The smallest absolute Gasteiger partial charge is 0.261 e. The number of amides is 1. The van der Waals surface area contributed by atoms with E-state index in [-0.39, 0.29) is 5.91 Å². The predicted octanol–water partition coefficient (Wildman–Crippen LogP) is 2.86. The van der Waals surface area contributed by atoms with E-state index in [1.54, 1.807) is 12.4 Å². The van der Waals surface area contributed by atoms with Crippen LogP contribution >= 0.6 is 0 Å². The lowest BCUT2D eigenvalue weighted by molar-refractivity contribution is -0.128. The summed E-state index contributed by atoms with van der Waals surface area (Å²) >= 11 is 0. The van der Waals surface area contributed by atoms with E-state index in [0.29, 0.717) is 13.0 Å². The van der Waals surface area contributed by atoms with Gasteiger partial charge >= 0.3 is 0 Å². The molecule has 1 N–H and O–H groups in total. The summed E-state index contributed by atoms with van der Waals surface area (Å²) in [5.41, 5.74) is 2.04. The van der Waals surface area contributed by atoms with Gasteiger partial charge in [-0.05, 0) is 42.7 Å². The number of benzene rings is 1. The van der Waals surface area contributed by atoms with Gasteiger partial charge in [0, 0.05) is 18.9 Å². The predicted molar refractivity (Wildman–Crippen MR) is 82.0 cm³/mol. The number of carbonyl (C=O) groups excluding carboxylic acids is 1. The number of pyridine rings is 1. The number of ether oxygens (including phenoxy) is 1. The summed E-state index contributed by atoms with van der Waals surface area (Å²) in [5.74, 6) is 0.654. The van der Waals surface area contributed by atoms with E-state index in [1.165, 1.54) is 0 Å². The van der Waals surface area contributed by atoms with Gasteiger partial charge in [-0.1, -0.05) is 25.1 Å². The number of rotatable bonds is 6. The SMILES string of the molecule is CC[C@@H](Oc1ccccc1C)C(=O)NCc1ccncc1. The highest BCUT2D eigenvalue weighted by atomic mass is 16.5. The molecule has 1 heterocycles. The number of aryl methyl sites for hydroxylation is 1. The Kier molecular flexibility index (Phi) is 5.32. The van der Waals surface area contributed by atoms with Gasteiger partial charge in [0.1, 0.15) is 5.75 Å². The van der Waals surface area contributed by atoms with Gasteiger partial charge < -0.3 is 10.1 Å². The van der Waals surface area contributed by atoms with E-state index in [2.05, 4.69) is 10.3 Å². The zero-order chi connectivity index (χ0) is 15.1. The number of nitrogens with one attached hydrogen (secondary N) is 1. The van der Waals surface area contributed by atoms with Gasteiger partial charge in [0.25, 0.3) is 5.91 Å². The summed E-state index contributed by atoms with van der Waals surface area (Å²) in [7, 11) is 0. The van der Waals surface area contributed by atoms with Crippen LogP contribution in [0.3, 0.4) is 0 Å². The minimum absolute atomic E-state index is 0.0995. The number of para-hydroxylation sites is 1. The fourth-order valence-corrected chi connectivity index (χ4v) is 1.97. The summed E-state index contributed by atoms with van der Waals surface area (Å²) in [4.78, 5) is 16.2. The standard InChI is InChI=1S/C17H20N2O2/c1-3-15(21-16-7-5-4-6-13(16)2)17(20)19-12-14-8-10-18-11-9-14/h4-11,15H,3,12H2,1-2H3,(H,19,20)/t15-/m1/s1. The van der Waals surface area contributed by atoms with Crippen LogP contribution in [0.2, 0.25) is 0 Å². The summed E-state index contributed by atoms with van der Waals surface area (Å²) in [5, 5.41) is 2.90. The van der Waals surface area contributed by atoms with E-state index in [0.717, 1.165) is 16.9 Å². The molecule has 2 aromatic rings. The molecule has 0 aliphatic carbocycles. The number of carbonyl (C=O) groups is 1. The van der Waals surface area contributed by atoms with Crippen LogP contribution in [0.1, 0.15) is 24.5 Å². The molecule has 0 spiro atoms. The average Bonchev–Trinajstić information content (AvgIpc) is 2.53. The Morgan fingerprint density at radius 1 is 1.24 bits per heavy atom. The van der Waals surface area contributed by atoms with Crippen LogP contribution < -0.4 is 10.1 Å². The third kappa shape index (κ3) is 4.31. The Hall–Kier alpha value is -2.36. The quantitative estimate of drug-likeness (QED) is 0.887. The van der Waals surface area contributed by atoms with Crippen molar-refractivity contribution in [2.75, 3.05) is 0 Å². The fraction of sp³-hybridized carbons (Fsp3) is 0.294. The lowest BCUT2D eigenvalue weighted by Gasteiger charge is -2.18. The summed E-state index contributed by atoms with van der Waals surface area (Å²) in [6.07, 6.45) is 3.56. The molecule has 0 fully saturated rings. The molecule has 0 unspecified atom stereocenters. The topological polar surface area (TPSA) is 51.2 Å². The van der Waals surface area contributed by atoms with Crippen molar-refractivity contribution >= 4 is 5.91 Å². The monoisotopic (exact) mass is 284 g/mol. The highest BCUT2D eigenvalue weighted by Crippen LogP contribution is 2.18. The molecule has 0 saturated heterocycles. The van der Waals surface area contributed by atoms with Crippen molar-refractivity contribution in [2.45, 2.75) is 32.9 Å². The van der Waals surface area contributed by atoms with Gasteiger partial charge in [0.2, 0.25) is 0 Å². The molecule has 1 aromatic heterocycles. The Bertz CT molecular complexity index is 584. The first-order chi connectivity index (χ1) is 10.2. The van der Waals surface area contributed by atoms with Crippen LogP contribution in [0.5, 0.6) is 5.75 Å². The Labute approximate surface area is 125 Å². The molecule has 1 atom stereocenters. The first-order valence-electron chi connectivity index (χ1n) is 7.09. The second kappa shape index (κ2) is 7.43. The molecule has 0 bridgehead atoms. The lowest BCUT2D eigenvalue weighted by atomic mass is 10.2. The normalized spacial score (nSPS) is 11.7. The Morgan fingerprint density at radius 3 is 2.62 bits per heavy atom. The van der Waals surface area contributed by atoms with Crippen molar-refractivity contribution in [1.29, 1.82) is 0 Å². The van der Waals surface area contributed by atoms with Crippen LogP contribution in [0.25, 0.3) is 0 Å². The van der Waals surface area contributed by atoms with E-state index in [4.69, 9.17) is 4.74 Å². The molecule has 0 aliphatic rings. The van der Waals surface area contributed by atoms with Gasteiger partial charge in [-0.25, -0.2) is 0 Å². The molecular weight excluding hydrogens is 264 g/mol. The van der Waals surface area contributed by atoms with Crippen molar-refractivity contribution in [1.82, 2.24) is 10.3 Å². The Morgan fingerprint density at radius 2 is 1.95 bits per heavy atom. The molecule has 110 valence electrons. The number of aromatic nitrogens is 1. The fourth-order valence-electron chi connectivity index (χ4n) is 1.97. The van der Waals surface area contributed by atoms with Crippen molar-refractivity contribution in [3.63, 3.8) is 0 Å².